The van der Waals surface area contributed by atoms with Crippen LogP contribution in [0.1, 0.15) is 79.1 Å². The van der Waals surface area contributed by atoms with Crippen LogP contribution in [0.25, 0.3) is 11.0 Å². The number of halogens is 1. The van der Waals surface area contributed by atoms with Crippen molar-refractivity contribution in [3.63, 3.8) is 0 Å². The molecule has 0 spiro atoms. The number of fused-ring (bicyclic) bond motifs is 4. The summed E-state index contributed by atoms with van der Waals surface area (Å²) in [6.45, 7) is 9.85. The molecule has 1 aromatic carbocycles. The van der Waals surface area contributed by atoms with Crippen molar-refractivity contribution in [1.29, 1.82) is 0 Å². The standard InChI is InChI=1S/C30H44ClN3O3/c1-6-28(2,36)16-19-7-9-21-22-10-11-24(29(22,3)14-13-23(21)30(19,4)18-37-5)27(35)17-34-32-25-12-8-20(31)15-26(25)33-34/h8,12,15,19,21-24,36H,6-7,9-11,13-14,16-18H2,1-5H3/t19-,21-,22-,23-,24+,28+,29-,30+/m0/s1. The molecule has 2 aromatic rings. The van der Waals surface area contributed by atoms with Gasteiger partial charge in [-0.1, -0.05) is 32.4 Å². The van der Waals surface area contributed by atoms with E-state index in [-0.39, 0.29) is 29.1 Å². The van der Waals surface area contributed by atoms with Gasteiger partial charge in [0.1, 0.15) is 17.6 Å². The minimum atomic E-state index is -0.628. The van der Waals surface area contributed by atoms with Crippen LogP contribution in [-0.4, -0.2) is 45.2 Å². The van der Waals surface area contributed by atoms with Crippen molar-refractivity contribution in [3.8, 4) is 0 Å². The number of carbonyl (C=O) groups is 1. The number of benzene rings is 1. The summed E-state index contributed by atoms with van der Waals surface area (Å²) in [4.78, 5) is 15.2. The van der Waals surface area contributed by atoms with Crippen LogP contribution < -0.4 is 0 Å². The van der Waals surface area contributed by atoms with Crippen LogP contribution in [0.4, 0.5) is 0 Å². The number of carbonyl (C=O) groups excluding carboxylic acids is 1. The molecule has 0 bridgehead atoms. The average Bonchev–Trinajstić information content (AvgIpc) is 3.40. The van der Waals surface area contributed by atoms with Crippen LogP contribution in [0.5, 0.6) is 0 Å². The van der Waals surface area contributed by atoms with E-state index in [1.807, 2.05) is 20.1 Å². The molecule has 204 valence electrons. The average molecular weight is 530 g/mol. The summed E-state index contributed by atoms with van der Waals surface area (Å²) >= 11 is 6.11. The molecule has 0 amide bonds. The van der Waals surface area contributed by atoms with Crippen LogP contribution in [0, 0.1) is 40.4 Å². The number of Topliss-reactive ketones (excluding diaryl/α,β-unsaturated/α-hetero) is 1. The second kappa shape index (κ2) is 9.91. The third-order valence-corrected chi connectivity index (χ3v) is 11.3. The Bertz CT molecular complexity index is 1150. The Labute approximate surface area is 226 Å². The van der Waals surface area contributed by atoms with Crippen LogP contribution >= 0.6 is 11.6 Å². The number of methoxy groups -OCH3 is 1. The van der Waals surface area contributed by atoms with Crippen LogP contribution in [-0.2, 0) is 16.1 Å². The van der Waals surface area contributed by atoms with Gasteiger partial charge < -0.3 is 9.84 Å². The van der Waals surface area contributed by atoms with Crippen molar-refractivity contribution in [2.45, 2.75) is 91.2 Å². The zero-order valence-electron chi connectivity index (χ0n) is 23.2. The Hall–Kier alpha value is -1.50. The zero-order chi connectivity index (χ0) is 26.6. The van der Waals surface area contributed by atoms with Crippen molar-refractivity contribution in [3.05, 3.63) is 23.2 Å². The highest BCUT2D eigenvalue weighted by Gasteiger charge is 2.60. The Morgan fingerprint density at radius 2 is 1.92 bits per heavy atom. The minimum Gasteiger partial charge on any atom is -0.390 e. The summed E-state index contributed by atoms with van der Waals surface area (Å²) in [5.41, 5.74) is 0.957. The topological polar surface area (TPSA) is 77.2 Å². The number of aliphatic hydroxyl groups is 1. The van der Waals surface area contributed by atoms with Crippen molar-refractivity contribution >= 4 is 28.4 Å². The molecular weight excluding hydrogens is 486 g/mol. The van der Waals surface area contributed by atoms with Crippen LogP contribution in [0.3, 0.4) is 0 Å². The maximum absolute atomic E-state index is 13.7. The third-order valence-electron chi connectivity index (χ3n) is 11.0. The lowest BCUT2D eigenvalue weighted by atomic mass is 9.46. The second-order valence-electron chi connectivity index (χ2n) is 13.1. The van der Waals surface area contributed by atoms with Gasteiger partial charge in [-0.3, -0.25) is 4.79 Å². The predicted molar refractivity (Wildman–Crippen MR) is 146 cm³/mol. The lowest BCUT2D eigenvalue weighted by molar-refractivity contribution is -0.144. The maximum atomic E-state index is 13.7. The molecule has 0 aliphatic heterocycles. The number of hydrogen-bond donors (Lipinski definition) is 1. The lowest BCUT2D eigenvalue weighted by Crippen LogP contribution is -2.55. The number of hydrogen-bond acceptors (Lipinski definition) is 5. The van der Waals surface area contributed by atoms with Gasteiger partial charge in [-0.2, -0.15) is 15.0 Å². The summed E-state index contributed by atoms with van der Waals surface area (Å²) < 4.78 is 5.85. The Kier molecular flexibility index (Phi) is 7.25. The highest BCUT2D eigenvalue weighted by Crippen LogP contribution is 2.66. The monoisotopic (exact) mass is 529 g/mol. The first-order valence-corrected chi connectivity index (χ1v) is 14.6. The lowest BCUT2D eigenvalue weighted by Gasteiger charge is -2.59. The molecule has 3 saturated carbocycles. The molecule has 5 rings (SSSR count). The molecular formula is C30H44ClN3O3. The molecule has 3 fully saturated rings. The molecule has 0 radical (unpaired) electrons. The molecule has 37 heavy (non-hydrogen) atoms. The molecule has 6 nitrogen and oxygen atoms in total. The van der Waals surface area contributed by atoms with Gasteiger partial charge in [0, 0.05) is 18.1 Å². The van der Waals surface area contributed by atoms with Gasteiger partial charge in [-0.25, -0.2) is 0 Å². The molecule has 1 N–H and O–H groups in total. The predicted octanol–water partition coefficient (Wildman–Crippen LogP) is 6.33. The summed E-state index contributed by atoms with van der Waals surface area (Å²) in [6.07, 6.45) is 8.25. The van der Waals surface area contributed by atoms with Gasteiger partial charge in [0.25, 0.3) is 0 Å². The molecule has 0 unspecified atom stereocenters. The van der Waals surface area contributed by atoms with E-state index in [4.69, 9.17) is 16.3 Å². The van der Waals surface area contributed by atoms with Crippen molar-refractivity contribution < 1.29 is 14.6 Å². The van der Waals surface area contributed by atoms with Gasteiger partial charge in [0.05, 0.1) is 12.2 Å². The molecule has 8 atom stereocenters. The van der Waals surface area contributed by atoms with E-state index in [2.05, 4.69) is 31.0 Å². The van der Waals surface area contributed by atoms with E-state index in [0.29, 0.717) is 28.7 Å². The fourth-order valence-electron chi connectivity index (χ4n) is 8.86. The van der Waals surface area contributed by atoms with Crippen molar-refractivity contribution in [2.75, 3.05) is 13.7 Å². The summed E-state index contributed by atoms with van der Waals surface area (Å²) in [5, 5.41) is 20.6. The van der Waals surface area contributed by atoms with Crippen molar-refractivity contribution in [2.24, 2.45) is 40.4 Å². The van der Waals surface area contributed by atoms with Crippen LogP contribution in [0.15, 0.2) is 18.2 Å². The molecule has 0 saturated heterocycles. The molecule has 1 heterocycles. The maximum Gasteiger partial charge on any atom is 0.159 e. The number of ketones is 1. The number of nitrogens with zero attached hydrogens (tertiary/aromatic N) is 3. The zero-order valence-corrected chi connectivity index (χ0v) is 23.9. The smallest absolute Gasteiger partial charge is 0.159 e. The Balaban J connectivity index is 1.34. The van der Waals surface area contributed by atoms with Gasteiger partial charge in [0.15, 0.2) is 5.78 Å². The van der Waals surface area contributed by atoms with Gasteiger partial charge >= 0.3 is 0 Å². The van der Waals surface area contributed by atoms with E-state index >= 15 is 0 Å². The Morgan fingerprint density at radius 3 is 2.65 bits per heavy atom. The van der Waals surface area contributed by atoms with E-state index in [0.717, 1.165) is 62.6 Å². The fourth-order valence-corrected chi connectivity index (χ4v) is 9.03. The molecule has 3 aliphatic rings. The molecule has 1 aromatic heterocycles. The van der Waals surface area contributed by atoms with Crippen molar-refractivity contribution in [1.82, 2.24) is 15.0 Å². The van der Waals surface area contributed by atoms with Gasteiger partial charge in [-0.15, -0.1) is 0 Å². The SMILES string of the molecule is CC[C@@](C)(O)C[C@@H]1CC[C@@H]2[C@H](CC[C@]3(C)[C@@H](C(=O)Cn4nc5ccc(Cl)cc5n4)CC[C@@H]23)[C@]1(C)COC. The summed E-state index contributed by atoms with van der Waals surface area (Å²) in [6, 6.07) is 5.46. The number of rotatable bonds is 8. The first-order chi connectivity index (χ1) is 17.5. The van der Waals surface area contributed by atoms with E-state index in [9.17, 15) is 9.90 Å². The highest BCUT2D eigenvalue weighted by atomic mass is 35.5. The van der Waals surface area contributed by atoms with E-state index in [1.54, 1.807) is 16.9 Å². The highest BCUT2D eigenvalue weighted by molar-refractivity contribution is 6.31. The molecule has 7 heteroatoms. The first-order valence-electron chi connectivity index (χ1n) is 14.2. The quantitative estimate of drug-likeness (QED) is 0.432. The summed E-state index contributed by atoms with van der Waals surface area (Å²) in [5.74, 6) is 2.54. The fraction of sp³-hybridized carbons (Fsp3) is 0.767. The Morgan fingerprint density at radius 1 is 1.16 bits per heavy atom. The second-order valence-corrected chi connectivity index (χ2v) is 13.6. The normalized spacial score (nSPS) is 37.2. The van der Waals surface area contributed by atoms with E-state index < -0.39 is 5.60 Å². The molecule has 3 aliphatic carbocycles. The first kappa shape index (κ1) is 27.1. The van der Waals surface area contributed by atoms with E-state index in [1.165, 1.54) is 6.42 Å². The van der Waals surface area contributed by atoms with Gasteiger partial charge in [0.2, 0.25) is 0 Å². The van der Waals surface area contributed by atoms with Crippen LogP contribution in [0.2, 0.25) is 5.02 Å². The third kappa shape index (κ3) is 4.76. The van der Waals surface area contributed by atoms with Gasteiger partial charge in [-0.05, 0) is 111 Å². The largest absolute Gasteiger partial charge is 0.390 e. The minimum absolute atomic E-state index is 0.0316. The number of aromatic nitrogens is 3. The summed E-state index contributed by atoms with van der Waals surface area (Å²) in [7, 11) is 1.82. The number of ether oxygens (including phenoxy) is 1.